The van der Waals surface area contributed by atoms with Crippen molar-refractivity contribution in [1.29, 1.82) is 0 Å². The number of carbonyl (C=O) groups is 1. The van der Waals surface area contributed by atoms with Crippen LogP contribution in [0.15, 0.2) is 58.4 Å². The fraction of sp³-hybridized carbons (Fsp3) is 0.222. The van der Waals surface area contributed by atoms with E-state index in [0.29, 0.717) is 10.6 Å². The Morgan fingerprint density at radius 3 is 2.65 bits per heavy atom. The van der Waals surface area contributed by atoms with Gasteiger partial charge in [-0.25, -0.2) is 8.42 Å². The molecule has 0 unspecified atom stereocenters. The van der Waals surface area contributed by atoms with Gasteiger partial charge >= 0.3 is 5.97 Å². The lowest BCUT2D eigenvalue weighted by molar-refractivity contribution is -0.148. The van der Waals surface area contributed by atoms with E-state index >= 15 is 0 Å². The molecule has 0 spiro atoms. The molecule has 2 aromatic carbocycles. The van der Waals surface area contributed by atoms with Crippen LogP contribution >= 0.6 is 11.6 Å². The topological polar surface area (TPSA) is 84.8 Å². The second-order valence-electron chi connectivity index (χ2n) is 5.74. The maximum atomic E-state index is 12.0. The predicted octanol–water partition coefficient (Wildman–Crippen LogP) is 3.07. The van der Waals surface area contributed by atoms with Gasteiger partial charge in [-0.1, -0.05) is 41.9 Å². The number of esters is 1. The lowest BCUT2D eigenvalue weighted by atomic mass is 10.1. The molecular weight excluding hydrogens is 376 g/mol. The smallest absolute Gasteiger partial charge is 0.308 e. The zero-order valence-corrected chi connectivity index (χ0v) is 15.5. The largest absolute Gasteiger partial charge is 0.458 e. The fourth-order valence-electron chi connectivity index (χ4n) is 2.63. The number of ether oxygens (including phenoxy) is 1. The summed E-state index contributed by atoms with van der Waals surface area (Å²) in [6.45, 7) is 1.85. The van der Waals surface area contributed by atoms with E-state index in [4.69, 9.17) is 16.3 Å². The zero-order chi connectivity index (χ0) is 18.7. The molecule has 1 aliphatic heterocycles. The first-order chi connectivity index (χ1) is 12.4. The Labute approximate surface area is 156 Å². The van der Waals surface area contributed by atoms with E-state index in [9.17, 15) is 13.2 Å². The molecule has 2 aromatic rings. The number of amidine groups is 1. The molecule has 0 fully saturated rings. The van der Waals surface area contributed by atoms with Gasteiger partial charge in [-0.3, -0.25) is 14.5 Å². The molecule has 1 heterocycles. The molecule has 1 atom stereocenters. The van der Waals surface area contributed by atoms with Gasteiger partial charge in [0.1, 0.15) is 11.9 Å². The number of sulfonamides is 1. The number of hydrogen-bond acceptors (Lipinski definition) is 5. The summed E-state index contributed by atoms with van der Waals surface area (Å²) in [4.78, 5) is 16.4. The molecule has 0 aliphatic carbocycles. The Bertz CT molecular complexity index is 973. The fourth-order valence-corrected chi connectivity index (χ4v) is 4.17. The quantitative estimate of drug-likeness (QED) is 0.792. The van der Waals surface area contributed by atoms with Crippen LogP contribution in [0.4, 0.5) is 0 Å². The van der Waals surface area contributed by atoms with Gasteiger partial charge in [0.2, 0.25) is 0 Å². The zero-order valence-electron chi connectivity index (χ0n) is 14.0. The van der Waals surface area contributed by atoms with Gasteiger partial charge < -0.3 is 4.74 Å². The van der Waals surface area contributed by atoms with E-state index in [2.05, 4.69) is 9.71 Å². The van der Waals surface area contributed by atoms with Crippen molar-refractivity contribution in [2.24, 2.45) is 4.99 Å². The number of aliphatic imine (C=N–C) groups is 1. The predicted molar refractivity (Wildman–Crippen MR) is 98.7 cm³/mol. The van der Waals surface area contributed by atoms with E-state index in [1.807, 2.05) is 6.07 Å². The maximum absolute atomic E-state index is 12.0. The highest BCUT2D eigenvalue weighted by Gasteiger charge is 2.30. The van der Waals surface area contributed by atoms with E-state index in [-0.39, 0.29) is 23.7 Å². The normalized spacial score (nSPS) is 17.4. The molecule has 1 aliphatic rings. The van der Waals surface area contributed by atoms with Gasteiger partial charge in [0.25, 0.3) is 10.0 Å². The van der Waals surface area contributed by atoms with E-state index < -0.39 is 22.1 Å². The number of rotatable bonds is 5. The molecule has 0 amide bonds. The summed E-state index contributed by atoms with van der Waals surface area (Å²) < 4.78 is 31.8. The molecular formula is C18H17ClN2O4S. The average molecular weight is 393 g/mol. The molecule has 8 heteroatoms. The third-order valence-electron chi connectivity index (χ3n) is 3.90. The first-order valence-corrected chi connectivity index (χ1v) is 9.85. The molecule has 1 N–H and O–H groups in total. The molecule has 0 radical (unpaired) electrons. The molecule has 136 valence electrons. The minimum Gasteiger partial charge on any atom is -0.458 e. The van der Waals surface area contributed by atoms with E-state index in [1.54, 1.807) is 43.3 Å². The first kappa shape index (κ1) is 18.4. The minimum absolute atomic E-state index is 0.0299. The monoisotopic (exact) mass is 392 g/mol. The molecule has 0 aromatic heterocycles. The lowest BCUT2D eigenvalue weighted by Gasteiger charge is -2.14. The highest BCUT2D eigenvalue weighted by Crippen LogP contribution is 2.25. The Morgan fingerprint density at radius 2 is 1.88 bits per heavy atom. The van der Waals surface area contributed by atoms with Crippen LogP contribution in [0, 0.1) is 0 Å². The molecule has 0 saturated heterocycles. The SMILES string of the molecule is C[C@H](OC(=O)CCN=C1NS(=O)(=O)c2ccccc21)c1ccccc1Cl. The number of nitrogens with zero attached hydrogens (tertiary/aromatic N) is 1. The highest BCUT2D eigenvalue weighted by molar-refractivity contribution is 7.90. The van der Waals surface area contributed by atoms with E-state index in [1.165, 1.54) is 6.07 Å². The van der Waals surface area contributed by atoms with Crippen LogP contribution in [0.1, 0.15) is 30.6 Å². The summed E-state index contributed by atoms with van der Waals surface area (Å²) in [7, 11) is -3.58. The number of hydrogen-bond donors (Lipinski definition) is 1. The molecule has 26 heavy (non-hydrogen) atoms. The molecule has 3 rings (SSSR count). The summed E-state index contributed by atoms with van der Waals surface area (Å²) in [5, 5.41) is 0.532. The van der Waals surface area contributed by atoms with Gasteiger partial charge in [0, 0.05) is 16.1 Å². The Morgan fingerprint density at radius 1 is 1.19 bits per heavy atom. The summed E-state index contributed by atoms with van der Waals surface area (Å²) in [6.07, 6.45) is -0.447. The second-order valence-corrected chi connectivity index (χ2v) is 7.79. The number of fused-ring (bicyclic) bond motifs is 1. The Hall–Kier alpha value is -2.38. The standard InChI is InChI=1S/C18H17ClN2O4S/c1-12(13-6-2-4-8-15(13)19)25-17(22)10-11-20-18-14-7-3-5-9-16(14)26(23,24)21-18/h2-9,12H,10-11H2,1H3,(H,20,21)/t12-/m0/s1. The van der Waals surface area contributed by atoms with Gasteiger partial charge in [0.05, 0.1) is 17.9 Å². The number of halogens is 1. The van der Waals surface area contributed by atoms with Crippen LogP contribution in [0.2, 0.25) is 5.02 Å². The van der Waals surface area contributed by atoms with Crippen LogP contribution in [0.25, 0.3) is 0 Å². The van der Waals surface area contributed by atoms with Gasteiger partial charge in [0.15, 0.2) is 0 Å². The molecule has 0 bridgehead atoms. The number of nitrogens with one attached hydrogen (secondary N) is 1. The maximum Gasteiger partial charge on any atom is 0.308 e. The van der Waals surface area contributed by atoms with Crippen molar-refractivity contribution in [3.63, 3.8) is 0 Å². The Kier molecular flexibility index (Phi) is 5.29. The van der Waals surface area contributed by atoms with Gasteiger partial charge in [-0.05, 0) is 25.1 Å². The summed E-state index contributed by atoms with van der Waals surface area (Å²) in [5.41, 5.74) is 1.23. The van der Waals surface area contributed by atoms with Crippen molar-refractivity contribution in [3.8, 4) is 0 Å². The Balaban J connectivity index is 1.61. The van der Waals surface area contributed by atoms with Crippen LogP contribution in [0.3, 0.4) is 0 Å². The lowest BCUT2D eigenvalue weighted by Crippen LogP contribution is -2.22. The first-order valence-electron chi connectivity index (χ1n) is 7.99. The number of benzene rings is 2. The van der Waals surface area contributed by atoms with Crippen molar-refractivity contribution in [2.45, 2.75) is 24.3 Å². The third kappa shape index (κ3) is 3.89. The van der Waals surface area contributed by atoms with Crippen molar-refractivity contribution >= 4 is 33.4 Å². The summed E-state index contributed by atoms with van der Waals surface area (Å²) in [5.74, 6) is -0.191. The van der Waals surface area contributed by atoms with Crippen molar-refractivity contribution < 1.29 is 17.9 Å². The minimum atomic E-state index is -3.58. The molecule has 6 nitrogen and oxygen atoms in total. The molecule has 0 saturated carbocycles. The van der Waals surface area contributed by atoms with Crippen LogP contribution in [0.5, 0.6) is 0 Å². The van der Waals surface area contributed by atoms with Crippen molar-refractivity contribution in [3.05, 3.63) is 64.7 Å². The third-order valence-corrected chi connectivity index (χ3v) is 5.64. The van der Waals surface area contributed by atoms with Crippen molar-refractivity contribution in [2.75, 3.05) is 6.54 Å². The summed E-state index contributed by atoms with van der Waals surface area (Å²) >= 11 is 6.09. The average Bonchev–Trinajstić information content (AvgIpc) is 2.86. The van der Waals surface area contributed by atoms with Crippen LogP contribution < -0.4 is 4.72 Å². The van der Waals surface area contributed by atoms with Crippen LogP contribution in [-0.2, 0) is 19.6 Å². The highest BCUT2D eigenvalue weighted by atomic mass is 35.5. The van der Waals surface area contributed by atoms with Crippen LogP contribution in [-0.4, -0.2) is 26.8 Å². The number of carbonyl (C=O) groups excluding carboxylic acids is 1. The summed E-state index contributed by atoms with van der Waals surface area (Å²) in [6, 6.07) is 13.7. The second kappa shape index (κ2) is 7.47. The van der Waals surface area contributed by atoms with E-state index in [0.717, 1.165) is 5.56 Å². The van der Waals surface area contributed by atoms with Gasteiger partial charge in [-0.15, -0.1) is 0 Å². The van der Waals surface area contributed by atoms with Gasteiger partial charge in [-0.2, -0.15) is 0 Å². The van der Waals surface area contributed by atoms with Crippen molar-refractivity contribution in [1.82, 2.24) is 4.72 Å².